The van der Waals surface area contributed by atoms with Crippen molar-refractivity contribution < 1.29 is 9.53 Å². The second kappa shape index (κ2) is 10.9. The van der Waals surface area contributed by atoms with Crippen molar-refractivity contribution in [2.75, 3.05) is 13.1 Å². The molecule has 0 aliphatic rings. The number of ether oxygens (including phenoxy) is 1. The van der Waals surface area contributed by atoms with Crippen LogP contribution in [0.2, 0.25) is 5.02 Å². The summed E-state index contributed by atoms with van der Waals surface area (Å²) in [6.07, 6.45) is 1.77. The molecule has 3 aromatic rings. The molecular weight excluding hydrogens is 399 g/mol. The number of aromatic nitrogens is 2. The van der Waals surface area contributed by atoms with Gasteiger partial charge >= 0.3 is 0 Å². The summed E-state index contributed by atoms with van der Waals surface area (Å²) in [6, 6.07) is 14.9. The number of hydrogen-bond donors (Lipinski definition) is 2. The van der Waals surface area contributed by atoms with Gasteiger partial charge in [-0.2, -0.15) is 0 Å². The Bertz CT molecular complexity index is 897. The van der Waals surface area contributed by atoms with Crippen LogP contribution < -0.4 is 15.8 Å². The number of carbonyl (C=O) groups is 1. The van der Waals surface area contributed by atoms with E-state index in [1.807, 2.05) is 28.8 Å². The lowest BCUT2D eigenvalue weighted by Gasteiger charge is -2.11. The van der Waals surface area contributed by atoms with Gasteiger partial charge in [0.25, 0.3) is 0 Å². The number of para-hydroxylation sites is 2. The summed E-state index contributed by atoms with van der Waals surface area (Å²) in [5.41, 5.74) is 7.22. The van der Waals surface area contributed by atoms with E-state index in [1.165, 1.54) is 0 Å². The molecule has 8 heteroatoms. The van der Waals surface area contributed by atoms with E-state index < -0.39 is 0 Å². The zero-order valence-electron chi connectivity index (χ0n) is 15.4. The molecule has 0 aliphatic heterocycles. The third-order valence-corrected chi connectivity index (χ3v) is 4.42. The lowest BCUT2D eigenvalue weighted by Crippen LogP contribution is -2.29. The third kappa shape index (κ3) is 5.86. The van der Waals surface area contributed by atoms with E-state index in [4.69, 9.17) is 22.1 Å². The van der Waals surface area contributed by atoms with Gasteiger partial charge in [0.15, 0.2) is 0 Å². The first-order valence-corrected chi connectivity index (χ1v) is 9.34. The fourth-order valence-corrected chi connectivity index (χ4v) is 2.91. The Labute approximate surface area is 175 Å². The molecule has 1 amide bonds. The number of carbonyl (C=O) groups excluding carboxylic acids is 1. The molecule has 0 spiro atoms. The quantitative estimate of drug-likeness (QED) is 0.516. The topological polar surface area (TPSA) is 82.2 Å². The summed E-state index contributed by atoms with van der Waals surface area (Å²) < 4.78 is 7.72. The standard InChI is InChI=1S/C20H23ClN4O2.ClH/c21-15-7-9-16(10-8-15)27-14-19-24-17-5-1-2-6-18(17)25(19)13-20(26)23-12-4-3-11-22;/h1-2,5-10H,3-4,11-14,22H2,(H,23,26);1H. The van der Waals surface area contributed by atoms with Crippen molar-refractivity contribution in [3.05, 3.63) is 59.4 Å². The molecule has 150 valence electrons. The number of nitrogens with zero attached hydrogens (tertiary/aromatic N) is 2. The molecule has 6 nitrogen and oxygen atoms in total. The van der Waals surface area contributed by atoms with Gasteiger partial charge in [0.2, 0.25) is 5.91 Å². The van der Waals surface area contributed by atoms with Crippen LogP contribution in [-0.2, 0) is 17.9 Å². The Morgan fingerprint density at radius 2 is 1.89 bits per heavy atom. The van der Waals surface area contributed by atoms with Crippen molar-refractivity contribution in [3.8, 4) is 5.75 Å². The lowest BCUT2D eigenvalue weighted by atomic mass is 10.3. The van der Waals surface area contributed by atoms with E-state index >= 15 is 0 Å². The Morgan fingerprint density at radius 3 is 2.64 bits per heavy atom. The molecule has 0 aliphatic carbocycles. The summed E-state index contributed by atoms with van der Waals surface area (Å²) in [5.74, 6) is 1.34. The molecule has 0 saturated heterocycles. The minimum absolute atomic E-state index is 0. The number of unbranched alkanes of at least 4 members (excludes halogenated alkanes) is 1. The Morgan fingerprint density at radius 1 is 1.14 bits per heavy atom. The van der Waals surface area contributed by atoms with Crippen LogP contribution in [-0.4, -0.2) is 28.5 Å². The molecule has 28 heavy (non-hydrogen) atoms. The zero-order valence-corrected chi connectivity index (χ0v) is 17.0. The van der Waals surface area contributed by atoms with E-state index in [-0.39, 0.29) is 31.5 Å². The average Bonchev–Trinajstić information content (AvgIpc) is 3.02. The molecule has 0 saturated carbocycles. The van der Waals surface area contributed by atoms with E-state index in [0.717, 1.165) is 23.9 Å². The summed E-state index contributed by atoms with van der Waals surface area (Å²) in [4.78, 5) is 17.0. The first-order valence-electron chi connectivity index (χ1n) is 8.96. The average molecular weight is 423 g/mol. The summed E-state index contributed by atoms with van der Waals surface area (Å²) in [5, 5.41) is 3.58. The SMILES string of the molecule is Cl.NCCCCNC(=O)Cn1c(COc2ccc(Cl)cc2)nc2ccccc21. The highest BCUT2D eigenvalue weighted by molar-refractivity contribution is 6.30. The fourth-order valence-electron chi connectivity index (χ4n) is 2.79. The predicted octanol–water partition coefficient (Wildman–Crippen LogP) is 3.55. The van der Waals surface area contributed by atoms with Crippen LogP contribution in [0.4, 0.5) is 0 Å². The lowest BCUT2D eigenvalue weighted by molar-refractivity contribution is -0.121. The number of rotatable bonds is 9. The van der Waals surface area contributed by atoms with Crippen molar-refractivity contribution in [1.29, 1.82) is 0 Å². The normalized spacial score (nSPS) is 10.5. The molecule has 0 radical (unpaired) electrons. The Hall–Kier alpha value is -2.28. The van der Waals surface area contributed by atoms with Gasteiger partial charge in [-0.25, -0.2) is 4.98 Å². The third-order valence-electron chi connectivity index (χ3n) is 4.17. The minimum atomic E-state index is -0.0529. The summed E-state index contributed by atoms with van der Waals surface area (Å²) >= 11 is 5.90. The van der Waals surface area contributed by atoms with Gasteiger partial charge in [0.05, 0.1) is 11.0 Å². The molecule has 3 N–H and O–H groups in total. The van der Waals surface area contributed by atoms with Gasteiger partial charge in [0.1, 0.15) is 24.7 Å². The number of hydrogen-bond acceptors (Lipinski definition) is 4. The maximum atomic E-state index is 12.3. The monoisotopic (exact) mass is 422 g/mol. The van der Waals surface area contributed by atoms with Crippen LogP contribution in [0.15, 0.2) is 48.5 Å². The Balaban J connectivity index is 0.00000280. The van der Waals surface area contributed by atoms with Gasteiger partial charge in [-0.1, -0.05) is 23.7 Å². The molecule has 1 heterocycles. The first kappa shape index (κ1) is 22.0. The van der Waals surface area contributed by atoms with E-state index in [2.05, 4.69) is 10.3 Å². The smallest absolute Gasteiger partial charge is 0.240 e. The maximum Gasteiger partial charge on any atom is 0.240 e. The summed E-state index contributed by atoms with van der Waals surface area (Å²) in [7, 11) is 0. The molecule has 0 atom stereocenters. The second-order valence-corrected chi connectivity index (χ2v) is 6.63. The molecule has 0 bridgehead atoms. The van der Waals surface area contributed by atoms with Crippen molar-refractivity contribution in [3.63, 3.8) is 0 Å². The highest BCUT2D eigenvalue weighted by Gasteiger charge is 2.14. The van der Waals surface area contributed by atoms with E-state index in [0.29, 0.717) is 29.7 Å². The van der Waals surface area contributed by atoms with Crippen LogP contribution in [0.1, 0.15) is 18.7 Å². The minimum Gasteiger partial charge on any atom is -0.486 e. The molecule has 2 aromatic carbocycles. The highest BCUT2D eigenvalue weighted by atomic mass is 35.5. The number of nitrogens with one attached hydrogen (secondary N) is 1. The second-order valence-electron chi connectivity index (χ2n) is 6.19. The summed E-state index contributed by atoms with van der Waals surface area (Å²) in [6.45, 7) is 1.71. The Kier molecular flexibility index (Phi) is 8.57. The van der Waals surface area contributed by atoms with E-state index in [1.54, 1.807) is 24.3 Å². The fraction of sp³-hybridized carbons (Fsp3) is 0.300. The van der Waals surface area contributed by atoms with Crippen LogP contribution >= 0.6 is 24.0 Å². The molecule has 1 aromatic heterocycles. The van der Waals surface area contributed by atoms with Gasteiger partial charge in [-0.15, -0.1) is 12.4 Å². The molecular formula is C20H24Cl2N4O2. The maximum absolute atomic E-state index is 12.3. The number of benzene rings is 2. The van der Waals surface area contributed by atoms with Gasteiger partial charge in [-0.05, 0) is 55.8 Å². The highest BCUT2D eigenvalue weighted by Crippen LogP contribution is 2.20. The molecule has 0 unspecified atom stereocenters. The van der Waals surface area contributed by atoms with Gasteiger partial charge in [-0.3, -0.25) is 4.79 Å². The largest absolute Gasteiger partial charge is 0.486 e. The van der Waals surface area contributed by atoms with E-state index in [9.17, 15) is 4.79 Å². The van der Waals surface area contributed by atoms with Crippen LogP contribution in [0, 0.1) is 0 Å². The van der Waals surface area contributed by atoms with Crippen LogP contribution in [0.5, 0.6) is 5.75 Å². The van der Waals surface area contributed by atoms with Crippen molar-refractivity contribution in [2.24, 2.45) is 5.73 Å². The van der Waals surface area contributed by atoms with Crippen molar-refractivity contribution >= 4 is 40.9 Å². The number of amides is 1. The molecule has 3 rings (SSSR count). The van der Waals surface area contributed by atoms with Gasteiger partial charge in [0, 0.05) is 11.6 Å². The zero-order chi connectivity index (χ0) is 19.1. The van der Waals surface area contributed by atoms with Gasteiger partial charge < -0.3 is 20.4 Å². The van der Waals surface area contributed by atoms with Crippen LogP contribution in [0.25, 0.3) is 11.0 Å². The van der Waals surface area contributed by atoms with Crippen molar-refractivity contribution in [2.45, 2.75) is 26.0 Å². The first-order chi connectivity index (χ1) is 13.2. The van der Waals surface area contributed by atoms with Crippen molar-refractivity contribution in [1.82, 2.24) is 14.9 Å². The number of nitrogens with two attached hydrogens (primary N) is 1. The van der Waals surface area contributed by atoms with Crippen LogP contribution in [0.3, 0.4) is 0 Å². The predicted molar refractivity (Wildman–Crippen MR) is 114 cm³/mol. The molecule has 0 fully saturated rings. The number of halogens is 2. The number of imidazole rings is 1. The number of fused-ring (bicyclic) bond motifs is 1.